The number of aromatic nitrogens is 2. The SMILES string of the molecule is Cc1ccc2nc(C(NC(=O)c3ccc(Cl)c([N+](=O)[O-])c3)c3ccccc3)[nH]c2c1. The molecule has 0 aliphatic carbocycles. The van der Waals surface area contributed by atoms with Gasteiger partial charge in [-0.05, 0) is 42.3 Å². The summed E-state index contributed by atoms with van der Waals surface area (Å²) in [7, 11) is 0. The van der Waals surface area contributed by atoms with Gasteiger partial charge in [-0.15, -0.1) is 0 Å². The number of nitro groups is 1. The monoisotopic (exact) mass is 420 g/mol. The summed E-state index contributed by atoms with van der Waals surface area (Å²) in [5, 5.41) is 14.1. The summed E-state index contributed by atoms with van der Waals surface area (Å²) in [6.07, 6.45) is 0. The number of fused-ring (bicyclic) bond motifs is 1. The van der Waals surface area contributed by atoms with Gasteiger partial charge in [0.15, 0.2) is 0 Å². The molecule has 30 heavy (non-hydrogen) atoms. The summed E-state index contributed by atoms with van der Waals surface area (Å²) in [5.74, 6) is 0.0962. The van der Waals surface area contributed by atoms with E-state index in [-0.39, 0.29) is 16.3 Å². The van der Waals surface area contributed by atoms with Crippen LogP contribution in [0, 0.1) is 17.0 Å². The molecular weight excluding hydrogens is 404 g/mol. The largest absolute Gasteiger partial charge is 0.340 e. The van der Waals surface area contributed by atoms with Crippen molar-refractivity contribution in [2.45, 2.75) is 13.0 Å². The van der Waals surface area contributed by atoms with Crippen molar-refractivity contribution in [3.63, 3.8) is 0 Å². The van der Waals surface area contributed by atoms with Gasteiger partial charge in [-0.1, -0.05) is 48.0 Å². The first-order valence-corrected chi connectivity index (χ1v) is 9.56. The lowest BCUT2D eigenvalue weighted by Gasteiger charge is -2.17. The summed E-state index contributed by atoms with van der Waals surface area (Å²) in [4.78, 5) is 31.4. The van der Waals surface area contributed by atoms with Crippen molar-refractivity contribution in [2.75, 3.05) is 0 Å². The molecule has 4 rings (SSSR count). The van der Waals surface area contributed by atoms with E-state index in [0.717, 1.165) is 22.2 Å². The van der Waals surface area contributed by atoms with E-state index < -0.39 is 16.9 Å². The second-order valence-electron chi connectivity index (χ2n) is 6.88. The third-order valence-corrected chi connectivity index (χ3v) is 5.06. The van der Waals surface area contributed by atoms with Gasteiger partial charge >= 0.3 is 0 Å². The van der Waals surface area contributed by atoms with E-state index in [1.54, 1.807) is 0 Å². The lowest BCUT2D eigenvalue weighted by Crippen LogP contribution is -2.30. The Hall–Kier alpha value is -3.71. The number of benzene rings is 3. The standard InChI is InChI=1S/C22H17ClN4O3/c1-13-7-10-17-18(11-13)25-21(24-17)20(14-5-3-2-4-6-14)26-22(28)15-8-9-16(23)19(12-15)27(29)30/h2-12,20H,1H3,(H,24,25)(H,26,28). The number of aromatic amines is 1. The van der Waals surface area contributed by atoms with Crippen molar-refractivity contribution in [3.8, 4) is 0 Å². The van der Waals surface area contributed by atoms with Crippen molar-refractivity contribution >= 4 is 34.2 Å². The third-order valence-electron chi connectivity index (χ3n) is 4.74. The average Bonchev–Trinajstić information content (AvgIpc) is 3.15. The fraction of sp³-hybridized carbons (Fsp3) is 0.0909. The van der Waals surface area contributed by atoms with Crippen molar-refractivity contribution in [3.05, 3.63) is 104 Å². The Labute approximate surface area is 176 Å². The number of carbonyl (C=O) groups excluding carboxylic acids is 1. The van der Waals surface area contributed by atoms with E-state index in [9.17, 15) is 14.9 Å². The first kappa shape index (κ1) is 19.6. The van der Waals surface area contributed by atoms with Crippen molar-refractivity contribution < 1.29 is 9.72 Å². The number of halogens is 1. The number of nitro benzene ring substituents is 1. The van der Waals surface area contributed by atoms with Gasteiger partial charge in [-0.3, -0.25) is 14.9 Å². The summed E-state index contributed by atoms with van der Waals surface area (Å²) < 4.78 is 0. The van der Waals surface area contributed by atoms with Crippen LogP contribution in [0.3, 0.4) is 0 Å². The summed E-state index contributed by atoms with van der Waals surface area (Å²) in [6, 6.07) is 18.6. The molecule has 4 aromatic rings. The number of rotatable bonds is 5. The molecule has 0 spiro atoms. The lowest BCUT2D eigenvalue weighted by molar-refractivity contribution is -0.384. The molecule has 1 aromatic heterocycles. The van der Waals surface area contributed by atoms with E-state index in [1.807, 2.05) is 55.5 Å². The number of nitrogens with zero attached hydrogens (tertiary/aromatic N) is 2. The quantitative estimate of drug-likeness (QED) is 0.352. The maximum absolute atomic E-state index is 12.9. The molecular formula is C22H17ClN4O3. The highest BCUT2D eigenvalue weighted by molar-refractivity contribution is 6.32. The topological polar surface area (TPSA) is 101 Å². The molecule has 0 bridgehead atoms. The Bertz CT molecular complexity index is 1250. The van der Waals surface area contributed by atoms with E-state index in [0.29, 0.717) is 5.82 Å². The van der Waals surface area contributed by atoms with Crippen LogP contribution in [0.25, 0.3) is 11.0 Å². The fourth-order valence-electron chi connectivity index (χ4n) is 3.24. The smallest absolute Gasteiger partial charge is 0.288 e. The molecule has 0 saturated carbocycles. The molecule has 0 aliphatic rings. The molecule has 1 atom stereocenters. The van der Waals surface area contributed by atoms with Crippen LogP contribution in [0.2, 0.25) is 5.02 Å². The Balaban J connectivity index is 1.73. The number of imidazole rings is 1. The number of carbonyl (C=O) groups is 1. The predicted octanol–water partition coefficient (Wildman–Crippen LogP) is 4.95. The highest BCUT2D eigenvalue weighted by Crippen LogP contribution is 2.27. The lowest BCUT2D eigenvalue weighted by atomic mass is 10.1. The molecule has 7 nitrogen and oxygen atoms in total. The summed E-state index contributed by atoms with van der Waals surface area (Å²) in [6.45, 7) is 1.99. The summed E-state index contributed by atoms with van der Waals surface area (Å²) >= 11 is 5.86. The number of hydrogen-bond acceptors (Lipinski definition) is 4. The minimum absolute atomic E-state index is 0.0242. The highest BCUT2D eigenvalue weighted by Gasteiger charge is 2.23. The Morgan fingerprint density at radius 1 is 1.13 bits per heavy atom. The van der Waals surface area contributed by atoms with E-state index in [1.165, 1.54) is 18.2 Å². The van der Waals surface area contributed by atoms with Gasteiger partial charge in [-0.2, -0.15) is 0 Å². The van der Waals surface area contributed by atoms with Crippen LogP contribution < -0.4 is 5.32 Å². The molecule has 0 aliphatic heterocycles. The molecule has 150 valence electrons. The molecule has 1 amide bonds. The van der Waals surface area contributed by atoms with Gasteiger partial charge in [0.2, 0.25) is 0 Å². The number of aryl methyl sites for hydroxylation is 1. The van der Waals surface area contributed by atoms with Crippen molar-refractivity contribution in [2.24, 2.45) is 0 Å². The zero-order chi connectivity index (χ0) is 21.3. The molecule has 3 aromatic carbocycles. The van der Waals surface area contributed by atoms with Crippen LogP contribution in [-0.2, 0) is 0 Å². The average molecular weight is 421 g/mol. The molecule has 8 heteroatoms. The molecule has 0 saturated heterocycles. The van der Waals surface area contributed by atoms with E-state index in [4.69, 9.17) is 11.6 Å². The third kappa shape index (κ3) is 3.88. The van der Waals surface area contributed by atoms with Crippen LogP contribution in [0.5, 0.6) is 0 Å². The molecule has 1 unspecified atom stereocenters. The van der Waals surface area contributed by atoms with Crippen LogP contribution in [0.4, 0.5) is 5.69 Å². The van der Waals surface area contributed by atoms with Crippen LogP contribution in [0.15, 0.2) is 66.7 Å². The van der Waals surface area contributed by atoms with Gasteiger partial charge in [-0.25, -0.2) is 4.98 Å². The highest BCUT2D eigenvalue weighted by atomic mass is 35.5. The first-order valence-electron chi connectivity index (χ1n) is 9.18. The molecule has 0 radical (unpaired) electrons. The minimum atomic E-state index is -0.616. The second-order valence-corrected chi connectivity index (χ2v) is 7.29. The van der Waals surface area contributed by atoms with Gasteiger partial charge < -0.3 is 10.3 Å². The van der Waals surface area contributed by atoms with Gasteiger partial charge in [0.05, 0.1) is 16.0 Å². The molecule has 0 fully saturated rings. The first-order chi connectivity index (χ1) is 14.4. The Morgan fingerprint density at radius 3 is 2.63 bits per heavy atom. The zero-order valence-electron chi connectivity index (χ0n) is 15.9. The Kier molecular flexibility index (Phi) is 5.20. The number of hydrogen-bond donors (Lipinski definition) is 2. The van der Waals surface area contributed by atoms with Crippen LogP contribution in [0.1, 0.15) is 33.4 Å². The van der Waals surface area contributed by atoms with Crippen LogP contribution in [-0.4, -0.2) is 20.8 Å². The normalized spacial score (nSPS) is 11.9. The van der Waals surface area contributed by atoms with Crippen molar-refractivity contribution in [1.29, 1.82) is 0 Å². The minimum Gasteiger partial charge on any atom is -0.340 e. The van der Waals surface area contributed by atoms with E-state index >= 15 is 0 Å². The zero-order valence-corrected chi connectivity index (χ0v) is 16.7. The molecule has 1 heterocycles. The summed E-state index contributed by atoms with van der Waals surface area (Å²) in [5.41, 5.74) is 3.38. The van der Waals surface area contributed by atoms with Crippen LogP contribution >= 0.6 is 11.6 Å². The molecule has 2 N–H and O–H groups in total. The van der Waals surface area contributed by atoms with Gasteiger partial charge in [0.1, 0.15) is 16.9 Å². The maximum Gasteiger partial charge on any atom is 0.288 e. The fourth-order valence-corrected chi connectivity index (χ4v) is 3.43. The Morgan fingerprint density at radius 2 is 1.90 bits per heavy atom. The van der Waals surface area contributed by atoms with Gasteiger partial charge in [0, 0.05) is 11.6 Å². The predicted molar refractivity (Wildman–Crippen MR) is 115 cm³/mol. The maximum atomic E-state index is 12.9. The number of nitrogens with one attached hydrogen (secondary N) is 2. The van der Waals surface area contributed by atoms with E-state index in [2.05, 4.69) is 15.3 Å². The second kappa shape index (κ2) is 7.96. The van der Waals surface area contributed by atoms with Crippen molar-refractivity contribution in [1.82, 2.24) is 15.3 Å². The van der Waals surface area contributed by atoms with Gasteiger partial charge in [0.25, 0.3) is 11.6 Å². The number of H-pyrrole nitrogens is 1. The number of amides is 1.